The van der Waals surface area contributed by atoms with Gasteiger partial charge in [0.25, 0.3) is 0 Å². The van der Waals surface area contributed by atoms with Gasteiger partial charge in [0.05, 0.1) is 7.45 Å². The second-order valence-electron chi connectivity index (χ2n) is 1.03. The lowest BCUT2D eigenvalue weighted by Gasteiger charge is -2.02. The Morgan fingerprint density at radius 2 is 3.14 bits per heavy atom. The number of β-amino-alcohol motifs (C(OH)–C–C–N with tert-alkyl or cyclic N) is 1. The van der Waals surface area contributed by atoms with Crippen LogP contribution < -0.4 is 0 Å². The number of hydrogen-bond donors (Lipinski definition) is 1. The molecule has 0 bridgehead atoms. The standard InChI is InChI=1S/C5H11NO/c1-6-3-2-5(7)4-6/h5,7H,2-4H2,1H3/i1D3,2D2,3D2,4D2,5D. The van der Waals surface area contributed by atoms with Crippen LogP contribution in [0.1, 0.15) is 20.1 Å². The number of hydrogen-bond acceptors (Lipinski definition) is 2. The van der Waals surface area contributed by atoms with E-state index < -0.39 is 37.3 Å². The molecule has 1 rings (SSSR count). The summed E-state index contributed by atoms with van der Waals surface area (Å²) in [6, 6.07) is 0. The van der Waals surface area contributed by atoms with Gasteiger partial charge in [-0.15, -0.1) is 0 Å². The molecule has 0 aromatic heterocycles. The summed E-state index contributed by atoms with van der Waals surface area (Å²) in [7, 11) is 0. The van der Waals surface area contributed by atoms with Crippen molar-refractivity contribution < 1.29 is 18.8 Å². The Kier molecular flexibility index (Phi) is 0.218. The van der Waals surface area contributed by atoms with Crippen LogP contribution in [0.25, 0.3) is 0 Å². The van der Waals surface area contributed by atoms with Crippen molar-refractivity contribution in [3.05, 3.63) is 0 Å². The van der Waals surface area contributed by atoms with Crippen LogP contribution in [0.3, 0.4) is 0 Å². The molecule has 1 fully saturated rings. The summed E-state index contributed by atoms with van der Waals surface area (Å²) in [6.45, 7) is -10.1. The molecule has 0 amide bonds. The Balaban J connectivity index is 3.54. The maximum Gasteiger partial charge on any atom is 0.0679 e. The molecule has 2 nitrogen and oxygen atoms in total. The van der Waals surface area contributed by atoms with Crippen LogP contribution in [0.15, 0.2) is 0 Å². The summed E-state index contributed by atoms with van der Waals surface area (Å²) < 4.78 is 72.2. The first-order chi connectivity index (χ1) is 7.12. The number of rotatable bonds is 0. The monoisotopic (exact) mass is 111 g/mol. The summed E-state index contributed by atoms with van der Waals surface area (Å²) in [5.41, 5.74) is 0. The SMILES string of the molecule is [2H]C([2H])([2H])N1C([2H])([2H])C([2H])([2H])C([2H])(O)C1([2H])[2H]. The molecule has 0 aliphatic carbocycles. The summed E-state index contributed by atoms with van der Waals surface area (Å²) in [5, 5.41) is 9.50. The van der Waals surface area contributed by atoms with Crippen molar-refractivity contribution in [1.29, 1.82) is 0 Å². The Morgan fingerprint density at radius 3 is 3.43 bits per heavy atom. The maximum atomic E-state index is 9.50. The molecule has 0 saturated carbocycles. The Labute approximate surface area is 57.8 Å². The van der Waals surface area contributed by atoms with E-state index in [0.717, 1.165) is 0 Å². The summed E-state index contributed by atoms with van der Waals surface area (Å²) in [5.74, 6) is 0. The smallest absolute Gasteiger partial charge is 0.0679 e. The van der Waals surface area contributed by atoms with Gasteiger partial charge in [-0.2, -0.15) is 0 Å². The molecule has 0 aromatic rings. The van der Waals surface area contributed by atoms with Crippen molar-refractivity contribution in [2.45, 2.75) is 12.5 Å². The topological polar surface area (TPSA) is 23.5 Å². The van der Waals surface area contributed by atoms with Gasteiger partial charge in [-0.25, -0.2) is 0 Å². The first-order valence-electron chi connectivity index (χ1n) is 6.64. The zero-order valence-electron chi connectivity index (χ0n) is 13.4. The first kappa shape index (κ1) is 0.847. The van der Waals surface area contributed by atoms with E-state index in [2.05, 4.69) is 0 Å². The Bertz CT molecular complexity index is 306. The van der Waals surface area contributed by atoms with Crippen molar-refractivity contribution in [1.82, 2.24) is 4.90 Å². The lowest BCUT2D eigenvalue weighted by molar-refractivity contribution is 0.183. The largest absolute Gasteiger partial charge is 0.392 e. The van der Waals surface area contributed by atoms with Gasteiger partial charge in [0, 0.05) is 25.3 Å². The molecule has 1 atom stereocenters. The fourth-order valence-corrected chi connectivity index (χ4v) is 0.271. The first-order valence-corrected chi connectivity index (χ1v) is 1.64. The van der Waals surface area contributed by atoms with E-state index in [0.29, 0.717) is 0 Å². The third-order valence-electron chi connectivity index (χ3n) is 0.504. The van der Waals surface area contributed by atoms with E-state index in [4.69, 9.17) is 13.7 Å². The number of likely N-dealkylation sites (N-methyl/N-ethyl adjacent to an activating group) is 1. The average molecular weight is 111 g/mol. The van der Waals surface area contributed by atoms with Gasteiger partial charge in [0.1, 0.15) is 0 Å². The van der Waals surface area contributed by atoms with Crippen molar-refractivity contribution in [3.8, 4) is 0 Å². The molecule has 0 aromatic carbocycles. The lowest BCUT2D eigenvalue weighted by Crippen LogP contribution is -2.15. The number of nitrogens with zero attached hydrogens (tertiary/aromatic N) is 1. The van der Waals surface area contributed by atoms with Crippen molar-refractivity contribution in [3.63, 3.8) is 0 Å². The highest BCUT2D eigenvalue weighted by atomic mass is 16.3. The van der Waals surface area contributed by atoms with E-state index in [-0.39, 0.29) is 0 Å². The van der Waals surface area contributed by atoms with Crippen LogP contribution in [0.2, 0.25) is 0 Å². The molecule has 1 N–H and O–H groups in total. The van der Waals surface area contributed by atoms with Gasteiger partial charge < -0.3 is 10.0 Å². The quantitative estimate of drug-likeness (QED) is 0.463. The molecule has 1 aliphatic heterocycles. The summed E-state index contributed by atoms with van der Waals surface area (Å²) in [6.07, 6.45) is -6.95. The van der Waals surface area contributed by atoms with E-state index in [1.54, 1.807) is 0 Å². The Morgan fingerprint density at radius 1 is 2.29 bits per heavy atom. The molecule has 2 heteroatoms. The predicted octanol–water partition coefficient (Wildman–Crippen LogP) is -0.317. The van der Waals surface area contributed by atoms with E-state index in [9.17, 15) is 5.11 Å². The Hall–Kier alpha value is -0.0800. The van der Waals surface area contributed by atoms with Crippen LogP contribution in [0.5, 0.6) is 0 Å². The third-order valence-corrected chi connectivity index (χ3v) is 0.504. The number of aliphatic hydroxyl groups is 1. The van der Waals surface area contributed by atoms with Gasteiger partial charge in [0.15, 0.2) is 0 Å². The van der Waals surface area contributed by atoms with Gasteiger partial charge in [-0.05, 0) is 13.3 Å². The van der Waals surface area contributed by atoms with Crippen LogP contribution in [-0.4, -0.2) is 36.1 Å². The average Bonchev–Trinajstić information content (AvgIpc) is 2.03. The van der Waals surface area contributed by atoms with Gasteiger partial charge in [0.2, 0.25) is 0 Å². The maximum absolute atomic E-state index is 9.50. The van der Waals surface area contributed by atoms with Crippen molar-refractivity contribution in [2.24, 2.45) is 0 Å². The molecule has 0 radical (unpaired) electrons. The summed E-state index contributed by atoms with van der Waals surface area (Å²) >= 11 is 0. The van der Waals surface area contributed by atoms with Gasteiger partial charge >= 0.3 is 0 Å². The van der Waals surface area contributed by atoms with E-state index in [1.165, 1.54) is 0 Å². The summed E-state index contributed by atoms with van der Waals surface area (Å²) in [4.78, 5) is -0.417. The minimum Gasteiger partial charge on any atom is -0.392 e. The number of likely N-dealkylation sites (tertiary alicyclic amines) is 1. The second kappa shape index (κ2) is 1.80. The van der Waals surface area contributed by atoms with Crippen LogP contribution in [0, 0.1) is 0 Å². The highest BCUT2D eigenvalue weighted by Crippen LogP contribution is 2.03. The highest BCUT2D eigenvalue weighted by Gasteiger charge is 2.14. The van der Waals surface area contributed by atoms with Crippen LogP contribution in [0.4, 0.5) is 0 Å². The molecule has 1 unspecified atom stereocenters. The lowest BCUT2D eigenvalue weighted by atomic mass is 10.3. The molecule has 1 aliphatic rings. The fraction of sp³-hybridized carbons (Fsp3) is 1.00. The van der Waals surface area contributed by atoms with Crippen molar-refractivity contribution in [2.75, 3.05) is 20.0 Å². The van der Waals surface area contributed by atoms with Crippen molar-refractivity contribution >= 4 is 0 Å². The molecule has 1 heterocycles. The van der Waals surface area contributed by atoms with E-state index >= 15 is 0 Å². The zero-order valence-corrected chi connectivity index (χ0v) is 3.39. The molecule has 7 heavy (non-hydrogen) atoms. The molecular formula is C5H11NO. The highest BCUT2D eigenvalue weighted by molar-refractivity contribution is 4.70. The fourth-order valence-electron chi connectivity index (χ4n) is 0.271. The normalized spacial score (nSPS) is 89.3. The minimum absolute atomic E-state index is 0.417. The van der Waals surface area contributed by atoms with Crippen LogP contribution >= 0.6 is 0 Å². The third kappa shape index (κ3) is 1.14. The molecule has 0 spiro atoms. The van der Waals surface area contributed by atoms with Gasteiger partial charge in [-0.3, -0.25) is 0 Å². The zero-order chi connectivity index (χ0) is 14.1. The second-order valence-corrected chi connectivity index (χ2v) is 1.03. The molecule has 1 saturated heterocycles. The minimum atomic E-state index is -3.54. The molecule has 42 valence electrons. The molecular weight excluding hydrogens is 90.1 g/mol. The predicted molar refractivity (Wildman–Crippen MR) is 28.1 cm³/mol. The van der Waals surface area contributed by atoms with Crippen LogP contribution in [-0.2, 0) is 0 Å². The van der Waals surface area contributed by atoms with Gasteiger partial charge in [-0.1, -0.05) is 0 Å². The van der Waals surface area contributed by atoms with E-state index in [1.807, 2.05) is 0 Å².